The zero-order chi connectivity index (χ0) is 21.4. The first-order valence-corrected chi connectivity index (χ1v) is 12.1. The molecule has 0 unspecified atom stereocenters. The minimum atomic E-state index is 0.165. The van der Waals surface area contributed by atoms with Crippen molar-refractivity contribution in [2.24, 2.45) is 0 Å². The summed E-state index contributed by atoms with van der Waals surface area (Å²) in [5.41, 5.74) is 3.41. The largest absolute Gasteiger partial charge is 0.364 e. The highest BCUT2D eigenvalue weighted by Gasteiger charge is 2.38. The summed E-state index contributed by atoms with van der Waals surface area (Å²) in [5, 5.41) is 10.3. The molecule has 1 aliphatic heterocycles. The van der Waals surface area contributed by atoms with Gasteiger partial charge >= 0.3 is 0 Å². The lowest BCUT2D eigenvalue weighted by molar-refractivity contribution is 0.131. The maximum atomic E-state index is 4.82. The number of rotatable bonds is 7. The number of thiophene rings is 1. The van der Waals surface area contributed by atoms with Gasteiger partial charge in [0.2, 0.25) is 5.95 Å². The van der Waals surface area contributed by atoms with E-state index in [9.17, 15) is 0 Å². The van der Waals surface area contributed by atoms with E-state index in [-0.39, 0.29) is 5.54 Å². The molecule has 0 bridgehead atoms. The number of fused-ring (bicyclic) bond motifs is 1. The van der Waals surface area contributed by atoms with Crippen molar-refractivity contribution in [2.75, 3.05) is 43.4 Å². The average Bonchev–Trinajstić information content (AvgIpc) is 3.38. The molecule has 4 heterocycles. The Kier molecular flexibility index (Phi) is 5.54. The molecule has 0 aromatic carbocycles. The fraction of sp³-hybridized carbons (Fsp3) is 0.522. The maximum absolute atomic E-state index is 4.82. The van der Waals surface area contributed by atoms with Gasteiger partial charge in [0, 0.05) is 38.3 Å². The summed E-state index contributed by atoms with van der Waals surface area (Å²) in [6.45, 7) is 13.2. The number of aromatic nitrogens is 3. The molecular formula is C23H31N7S. The van der Waals surface area contributed by atoms with Crippen molar-refractivity contribution >= 4 is 39.0 Å². The minimum absolute atomic E-state index is 0.165. The van der Waals surface area contributed by atoms with Crippen molar-refractivity contribution in [3.63, 3.8) is 0 Å². The maximum Gasteiger partial charge on any atom is 0.230 e. The predicted octanol–water partition coefficient (Wildman–Crippen LogP) is 4.24. The van der Waals surface area contributed by atoms with Gasteiger partial charge < -0.3 is 15.5 Å². The van der Waals surface area contributed by atoms with Crippen LogP contribution in [0.3, 0.4) is 0 Å². The molecule has 2 fully saturated rings. The number of hydrogen-bond donors (Lipinski definition) is 2. The smallest absolute Gasteiger partial charge is 0.230 e. The Morgan fingerprint density at radius 2 is 1.87 bits per heavy atom. The van der Waals surface area contributed by atoms with Gasteiger partial charge in [-0.05, 0) is 56.3 Å². The van der Waals surface area contributed by atoms with Crippen LogP contribution in [0, 0.1) is 6.92 Å². The average molecular weight is 438 g/mol. The summed E-state index contributed by atoms with van der Waals surface area (Å²) in [4.78, 5) is 20.2. The lowest BCUT2D eigenvalue weighted by atomic mass is 10.2. The molecule has 8 heteroatoms. The molecule has 1 saturated heterocycles. The summed E-state index contributed by atoms with van der Waals surface area (Å²) < 4.78 is 0. The molecule has 0 spiro atoms. The van der Waals surface area contributed by atoms with E-state index in [1.165, 1.54) is 18.4 Å². The number of anilines is 3. The van der Waals surface area contributed by atoms with E-state index in [1.54, 1.807) is 11.3 Å². The molecule has 3 aromatic rings. The van der Waals surface area contributed by atoms with Crippen LogP contribution >= 0.6 is 11.3 Å². The quantitative estimate of drug-likeness (QED) is 0.573. The van der Waals surface area contributed by atoms with Crippen LogP contribution in [0.15, 0.2) is 23.7 Å². The SMILES string of the molecule is CCN1CCN(Cc2ccc(Nc3nc(NC4(C)CC4)c4c(C)csc4n3)cn2)CC1. The molecule has 0 radical (unpaired) electrons. The second kappa shape index (κ2) is 8.33. The van der Waals surface area contributed by atoms with Crippen molar-refractivity contribution < 1.29 is 0 Å². The Labute approximate surface area is 187 Å². The van der Waals surface area contributed by atoms with Crippen LogP contribution in [0.5, 0.6) is 0 Å². The van der Waals surface area contributed by atoms with Crippen molar-refractivity contribution in [3.8, 4) is 0 Å². The molecule has 5 rings (SSSR count). The van der Waals surface area contributed by atoms with Crippen LogP contribution in [0.1, 0.15) is 37.9 Å². The van der Waals surface area contributed by atoms with Gasteiger partial charge in [0.25, 0.3) is 0 Å². The number of aryl methyl sites for hydroxylation is 1. The first-order chi connectivity index (χ1) is 15.0. The Balaban J connectivity index is 1.28. The zero-order valence-corrected chi connectivity index (χ0v) is 19.4. The van der Waals surface area contributed by atoms with Crippen LogP contribution in [-0.2, 0) is 6.54 Å². The fourth-order valence-electron chi connectivity index (χ4n) is 4.04. The van der Waals surface area contributed by atoms with Crippen LogP contribution < -0.4 is 10.6 Å². The summed E-state index contributed by atoms with van der Waals surface area (Å²) in [6, 6.07) is 4.18. The molecule has 31 heavy (non-hydrogen) atoms. The molecule has 2 aliphatic rings. The number of likely N-dealkylation sites (N-methyl/N-ethyl adjacent to an activating group) is 1. The molecule has 1 saturated carbocycles. The van der Waals surface area contributed by atoms with Gasteiger partial charge in [-0.3, -0.25) is 9.88 Å². The molecule has 7 nitrogen and oxygen atoms in total. The Bertz CT molecular complexity index is 1050. The fourth-order valence-corrected chi connectivity index (χ4v) is 4.96. The standard InChI is InChI=1S/C23H31N7S/c1-4-29-9-11-30(12-10-29)14-18-6-5-17(13-24-18)25-22-26-20(28-23(3)7-8-23)19-16(2)15-31-21(19)27-22/h5-6,13,15H,4,7-12,14H2,1-3H3,(H2,25,26,27,28). The predicted molar refractivity (Wildman–Crippen MR) is 128 cm³/mol. The van der Waals surface area contributed by atoms with Crippen LogP contribution in [-0.4, -0.2) is 63.0 Å². The van der Waals surface area contributed by atoms with Gasteiger partial charge in [0.05, 0.1) is 23.0 Å². The first kappa shape index (κ1) is 20.6. The van der Waals surface area contributed by atoms with E-state index in [1.807, 2.05) is 6.20 Å². The number of nitrogens with one attached hydrogen (secondary N) is 2. The van der Waals surface area contributed by atoms with E-state index >= 15 is 0 Å². The van der Waals surface area contributed by atoms with E-state index in [2.05, 4.69) is 63.7 Å². The van der Waals surface area contributed by atoms with Crippen molar-refractivity contribution in [1.82, 2.24) is 24.8 Å². The van der Waals surface area contributed by atoms with E-state index in [0.717, 1.165) is 66.7 Å². The second-order valence-electron chi connectivity index (χ2n) is 9.05. The number of nitrogens with zero attached hydrogens (tertiary/aromatic N) is 5. The van der Waals surface area contributed by atoms with E-state index in [0.29, 0.717) is 5.95 Å². The third-order valence-electron chi connectivity index (χ3n) is 6.42. The Morgan fingerprint density at radius 1 is 1.10 bits per heavy atom. The highest BCUT2D eigenvalue weighted by Crippen LogP contribution is 2.40. The summed E-state index contributed by atoms with van der Waals surface area (Å²) in [7, 11) is 0. The third-order valence-corrected chi connectivity index (χ3v) is 7.41. The van der Waals surface area contributed by atoms with Gasteiger partial charge in [-0.25, -0.2) is 4.98 Å². The molecule has 0 atom stereocenters. The highest BCUT2D eigenvalue weighted by atomic mass is 32.1. The molecule has 3 aromatic heterocycles. The van der Waals surface area contributed by atoms with Crippen LogP contribution in [0.25, 0.3) is 10.2 Å². The summed E-state index contributed by atoms with van der Waals surface area (Å²) in [5.74, 6) is 1.55. The van der Waals surface area contributed by atoms with Crippen molar-refractivity contribution in [3.05, 3.63) is 35.0 Å². The molecule has 1 aliphatic carbocycles. The highest BCUT2D eigenvalue weighted by molar-refractivity contribution is 7.17. The van der Waals surface area contributed by atoms with Gasteiger partial charge in [-0.15, -0.1) is 11.3 Å². The topological polar surface area (TPSA) is 69.2 Å². The van der Waals surface area contributed by atoms with Gasteiger partial charge in [0.1, 0.15) is 10.6 Å². The van der Waals surface area contributed by atoms with E-state index < -0.39 is 0 Å². The minimum Gasteiger partial charge on any atom is -0.364 e. The van der Waals surface area contributed by atoms with Crippen molar-refractivity contribution in [2.45, 2.75) is 45.7 Å². The number of hydrogen-bond acceptors (Lipinski definition) is 8. The van der Waals surface area contributed by atoms with E-state index in [4.69, 9.17) is 9.97 Å². The number of piperazine rings is 1. The van der Waals surface area contributed by atoms with Gasteiger partial charge in [-0.1, -0.05) is 6.92 Å². The Morgan fingerprint density at radius 3 is 2.55 bits per heavy atom. The summed E-state index contributed by atoms with van der Waals surface area (Å²) >= 11 is 1.67. The second-order valence-corrected chi connectivity index (χ2v) is 9.91. The lowest BCUT2D eigenvalue weighted by Crippen LogP contribution is -2.45. The molecular weight excluding hydrogens is 406 g/mol. The normalized spacial score (nSPS) is 18.9. The van der Waals surface area contributed by atoms with Crippen LogP contribution in [0.4, 0.5) is 17.5 Å². The Hall–Kier alpha value is -2.29. The molecule has 2 N–H and O–H groups in total. The molecule has 0 amide bonds. The number of pyridine rings is 1. The van der Waals surface area contributed by atoms with Gasteiger partial charge in [-0.2, -0.15) is 4.98 Å². The monoisotopic (exact) mass is 437 g/mol. The zero-order valence-electron chi connectivity index (χ0n) is 18.6. The first-order valence-electron chi connectivity index (χ1n) is 11.2. The van der Waals surface area contributed by atoms with Crippen molar-refractivity contribution in [1.29, 1.82) is 0 Å². The van der Waals surface area contributed by atoms with Gasteiger partial charge in [0.15, 0.2) is 0 Å². The summed E-state index contributed by atoms with van der Waals surface area (Å²) in [6.07, 6.45) is 4.26. The third kappa shape index (κ3) is 4.66. The lowest BCUT2D eigenvalue weighted by Gasteiger charge is -2.33. The van der Waals surface area contributed by atoms with Crippen LogP contribution in [0.2, 0.25) is 0 Å². The molecule has 164 valence electrons.